The maximum Gasteiger partial charge on any atom is 0.163 e. The average Bonchev–Trinajstić information content (AvgIpc) is 3.13. The van der Waals surface area contributed by atoms with Crippen LogP contribution in [0, 0.1) is 39.9 Å². The molecule has 3 aliphatic carbocycles. The first-order valence-electron chi connectivity index (χ1n) is 9.83. The molecule has 1 unspecified atom stereocenters. The van der Waals surface area contributed by atoms with Crippen molar-refractivity contribution in [1.82, 2.24) is 0 Å². The number of nitriles is 1. The number of carbonyl (C=O) groups is 1. The molecule has 0 aromatic rings. The zero-order valence-corrected chi connectivity index (χ0v) is 15.4. The number of rotatable bonds is 2. The van der Waals surface area contributed by atoms with E-state index in [2.05, 4.69) is 19.9 Å². The van der Waals surface area contributed by atoms with Gasteiger partial charge in [0, 0.05) is 18.3 Å². The van der Waals surface area contributed by atoms with E-state index in [9.17, 15) is 10.1 Å². The molecule has 25 heavy (non-hydrogen) atoms. The van der Waals surface area contributed by atoms with E-state index in [0.29, 0.717) is 49.6 Å². The Labute approximate surface area is 150 Å². The zero-order chi connectivity index (χ0) is 17.7. The van der Waals surface area contributed by atoms with Gasteiger partial charge in [-0.15, -0.1) is 0 Å². The molecule has 0 bridgehead atoms. The fourth-order valence-electron chi connectivity index (χ4n) is 6.42. The molecule has 0 N–H and O–H groups in total. The number of allylic oxidation sites excluding steroid dienone is 2. The first-order valence-corrected chi connectivity index (χ1v) is 9.83. The number of ketones is 1. The SMILES string of the molecule is C[C@]1(C2OCCO2)CC[C@H]2[C@@H](CCC3=CC(=O)CC[C@@]32C)C1CC#N. The Balaban J connectivity index is 1.67. The van der Waals surface area contributed by atoms with Gasteiger partial charge in [-0.3, -0.25) is 4.79 Å². The summed E-state index contributed by atoms with van der Waals surface area (Å²) in [6.45, 7) is 5.98. The van der Waals surface area contributed by atoms with Crippen molar-refractivity contribution in [2.24, 2.45) is 28.6 Å². The molecular formula is C21H29NO3. The third kappa shape index (κ3) is 2.59. The molecule has 136 valence electrons. The molecule has 0 radical (unpaired) electrons. The van der Waals surface area contributed by atoms with Crippen LogP contribution in [0.2, 0.25) is 0 Å². The molecule has 1 aliphatic heterocycles. The smallest absolute Gasteiger partial charge is 0.163 e. The summed E-state index contributed by atoms with van der Waals surface area (Å²) >= 11 is 0. The molecule has 0 spiro atoms. The minimum absolute atomic E-state index is 0.0739. The molecule has 2 saturated carbocycles. The van der Waals surface area contributed by atoms with Crippen LogP contribution in [-0.2, 0) is 14.3 Å². The summed E-state index contributed by atoms with van der Waals surface area (Å²) < 4.78 is 11.8. The number of carbonyl (C=O) groups excluding carboxylic acids is 1. The summed E-state index contributed by atoms with van der Waals surface area (Å²) in [5.41, 5.74) is 1.44. The lowest BCUT2D eigenvalue weighted by molar-refractivity contribution is -0.188. The van der Waals surface area contributed by atoms with E-state index in [0.717, 1.165) is 32.1 Å². The van der Waals surface area contributed by atoms with Crippen molar-refractivity contribution in [3.8, 4) is 6.07 Å². The van der Waals surface area contributed by atoms with Crippen molar-refractivity contribution >= 4 is 5.78 Å². The Morgan fingerprint density at radius 1 is 1.20 bits per heavy atom. The molecule has 0 aromatic heterocycles. The number of hydrogen-bond donors (Lipinski definition) is 0. The summed E-state index contributed by atoms with van der Waals surface area (Å²) in [6.07, 6.45) is 8.30. The molecule has 3 fully saturated rings. The Hall–Kier alpha value is -1.18. The van der Waals surface area contributed by atoms with E-state index >= 15 is 0 Å². The fourth-order valence-corrected chi connectivity index (χ4v) is 6.42. The predicted molar refractivity (Wildman–Crippen MR) is 93.4 cm³/mol. The second-order valence-electron chi connectivity index (χ2n) is 8.95. The highest BCUT2D eigenvalue weighted by atomic mass is 16.7. The Bertz CT molecular complexity index is 630. The van der Waals surface area contributed by atoms with Crippen molar-refractivity contribution in [3.63, 3.8) is 0 Å². The lowest BCUT2D eigenvalue weighted by Gasteiger charge is -2.59. The van der Waals surface area contributed by atoms with Crippen LogP contribution in [0.15, 0.2) is 11.6 Å². The van der Waals surface area contributed by atoms with E-state index in [1.807, 2.05) is 6.08 Å². The summed E-state index contributed by atoms with van der Waals surface area (Å²) in [7, 11) is 0. The molecule has 0 aromatic carbocycles. The summed E-state index contributed by atoms with van der Waals surface area (Å²) in [5.74, 6) is 1.72. The van der Waals surface area contributed by atoms with Crippen LogP contribution in [0.25, 0.3) is 0 Å². The minimum atomic E-state index is -0.163. The quantitative estimate of drug-likeness (QED) is 0.760. The van der Waals surface area contributed by atoms with Crippen LogP contribution in [0.1, 0.15) is 58.8 Å². The van der Waals surface area contributed by atoms with Gasteiger partial charge in [0.05, 0.1) is 19.3 Å². The lowest BCUT2D eigenvalue weighted by Crippen LogP contribution is -2.54. The van der Waals surface area contributed by atoms with Crippen LogP contribution >= 0.6 is 0 Å². The normalized spacial score (nSPS) is 44.6. The van der Waals surface area contributed by atoms with E-state index in [4.69, 9.17) is 9.47 Å². The Kier molecular flexibility index (Phi) is 4.29. The molecule has 1 saturated heterocycles. The van der Waals surface area contributed by atoms with E-state index in [1.54, 1.807) is 0 Å². The van der Waals surface area contributed by atoms with Crippen molar-refractivity contribution in [2.45, 2.75) is 65.1 Å². The minimum Gasteiger partial charge on any atom is -0.350 e. The van der Waals surface area contributed by atoms with Crippen molar-refractivity contribution < 1.29 is 14.3 Å². The van der Waals surface area contributed by atoms with Gasteiger partial charge in [-0.2, -0.15) is 5.26 Å². The molecule has 4 nitrogen and oxygen atoms in total. The number of nitrogens with zero attached hydrogens (tertiary/aromatic N) is 1. The summed E-state index contributed by atoms with van der Waals surface area (Å²) in [6, 6.07) is 2.46. The fraction of sp³-hybridized carbons (Fsp3) is 0.810. The highest BCUT2D eigenvalue weighted by Gasteiger charge is 2.57. The third-order valence-electron chi connectivity index (χ3n) is 7.87. The van der Waals surface area contributed by atoms with Gasteiger partial charge in [0.15, 0.2) is 12.1 Å². The van der Waals surface area contributed by atoms with E-state index in [1.165, 1.54) is 5.57 Å². The van der Waals surface area contributed by atoms with Crippen LogP contribution in [0.4, 0.5) is 0 Å². The van der Waals surface area contributed by atoms with Gasteiger partial charge in [-0.1, -0.05) is 19.4 Å². The topological polar surface area (TPSA) is 59.3 Å². The Morgan fingerprint density at radius 3 is 2.68 bits per heavy atom. The van der Waals surface area contributed by atoms with Crippen LogP contribution in [0.5, 0.6) is 0 Å². The van der Waals surface area contributed by atoms with Crippen molar-refractivity contribution in [3.05, 3.63) is 11.6 Å². The Morgan fingerprint density at radius 2 is 1.96 bits per heavy atom. The molecule has 1 heterocycles. The zero-order valence-electron chi connectivity index (χ0n) is 15.4. The van der Waals surface area contributed by atoms with Gasteiger partial charge in [-0.05, 0) is 61.3 Å². The van der Waals surface area contributed by atoms with Crippen LogP contribution < -0.4 is 0 Å². The molecule has 0 amide bonds. The van der Waals surface area contributed by atoms with Gasteiger partial charge in [0.2, 0.25) is 0 Å². The lowest BCUT2D eigenvalue weighted by atomic mass is 9.46. The van der Waals surface area contributed by atoms with Gasteiger partial charge in [0.25, 0.3) is 0 Å². The molecule has 4 heteroatoms. The second kappa shape index (κ2) is 6.21. The second-order valence-corrected chi connectivity index (χ2v) is 8.95. The predicted octanol–water partition coefficient (Wildman–Crippen LogP) is 4.01. The first kappa shape index (κ1) is 17.2. The first-order chi connectivity index (χ1) is 12.0. The van der Waals surface area contributed by atoms with Crippen LogP contribution in [-0.4, -0.2) is 25.3 Å². The monoisotopic (exact) mass is 343 g/mol. The number of hydrogen-bond acceptors (Lipinski definition) is 4. The average molecular weight is 343 g/mol. The third-order valence-corrected chi connectivity index (χ3v) is 7.87. The molecule has 4 aliphatic rings. The van der Waals surface area contributed by atoms with Gasteiger partial charge >= 0.3 is 0 Å². The number of ether oxygens (including phenoxy) is 2. The van der Waals surface area contributed by atoms with Crippen molar-refractivity contribution in [2.75, 3.05) is 13.2 Å². The maximum atomic E-state index is 11.9. The van der Waals surface area contributed by atoms with E-state index < -0.39 is 0 Å². The van der Waals surface area contributed by atoms with Gasteiger partial charge < -0.3 is 9.47 Å². The van der Waals surface area contributed by atoms with E-state index in [-0.39, 0.29) is 17.1 Å². The summed E-state index contributed by atoms with van der Waals surface area (Å²) in [4.78, 5) is 11.9. The van der Waals surface area contributed by atoms with Crippen molar-refractivity contribution in [1.29, 1.82) is 5.26 Å². The molecular weight excluding hydrogens is 314 g/mol. The van der Waals surface area contributed by atoms with Gasteiger partial charge in [0.1, 0.15) is 0 Å². The largest absolute Gasteiger partial charge is 0.350 e. The molecule has 4 rings (SSSR count). The number of fused-ring (bicyclic) bond motifs is 3. The highest BCUT2D eigenvalue weighted by molar-refractivity contribution is 5.91. The van der Waals surface area contributed by atoms with Crippen LogP contribution in [0.3, 0.4) is 0 Å². The summed E-state index contributed by atoms with van der Waals surface area (Å²) in [5, 5.41) is 9.53. The highest BCUT2D eigenvalue weighted by Crippen LogP contribution is 2.63. The molecule has 5 atom stereocenters. The maximum absolute atomic E-state index is 11.9. The standard InChI is InChI=1S/C21H29NO3/c1-20-8-5-15(23)13-14(20)3-4-16-17(20)6-9-21(2,18(16)7-10-22)19-24-11-12-25-19/h13,16-19H,3-9,11-12H2,1-2H3/t16-,17+,18?,20+,21+/m1/s1. The van der Waals surface area contributed by atoms with Gasteiger partial charge in [-0.25, -0.2) is 0 Å².